The molecule has 1 N–H and O–H groups in total. The van der Waals surface area contributed by atoms with E-state index in [1.807, 2.05) is 0 Å². The normalized spacial score (nSPS) is 33.6. The summed E-state index contributed by atoms with van der Waals surface area (Å²) >= 11 is 0. The first-order chi connectivity index (χ1) is 8.11. The molecular formula is C14H27NO2S. The Morgan fingerprint density at radius 1 is 1.22 bits per heavy atom. The molecule has 0 aromatic carbocycles. The minimum atomic E-state index is -2.84. The molecule has 0 saturated heterocycles. The van der Waals surface area contributed by atoms with Crippen molar-refractivity contribution in [2.24, 2.45) is 16.7 Å². The quantitative estimate of drug-likeness (QED) is 0.835. The first-order valence-electron chi connectivity index (χ1n) is 7.02. The minimum Gasteiger partial charge on any atom is -0.313 e. The van der Waals surface area contributed by atoms with Crippen LogP contribution in [-0.4, -0.2) is 33.0 Å². The molecule has 2 atom stereocenters. The summed E-state index contributed by atoms with van der Waals surface area (Å²) in [7, 11) is -2.84. The second kappa shape index (κ2) is 4.48. The zero-order valence-electron chi connectivity index (χ0n) is 12.1. The first kappa shape index (κ1) is 14.3. The molecule has 4 heteroatoms. The van der Waals surface area contributed by atoms with E-state index in [0.717, 1.165) is 19.4 Å². The zero-order chi connectivity index (χ0) is 13.6. The van der Waals surface area contributed by atoms with E-state index in [-0.39, 0.29) is 5.41 Å². The summed E-state index contributed by atoms with van der Waals surface area (Å²) < 4.78 is 22.8. The van der Waals surface area contributed by atoms with Crippen LogP contribution in [0.1, 0.15) is 46.5 Å². The Morgan fingerprint density at radius 3 is 2.22 bits per heavy atom. The molecule has 0 bridgehead atoms. The van der Waals surface area contributed by atoms with Gasteiger partial charge in [-0.25, -0.2) is 8.42 Å². The van der Waals surface area contributed by atoms with E-state index >= 15 is 0 Å². The molecule has 2 aliphatic rings. The molecule has 0 aromatic rings. The van der Waals surface area contributed by atoms with Gasteiger partial charge in [0, 0.05) is 18.8 Å². The second-order valence-electron chi connectivity index (χ2n) is 7.61. The fraction of sp³-hybridized carbons (Fsp3) is 1.00. The van der Waals surface area contributed by atoms with E-state index in [9.17, 15) is 8.42 Å². The maximum atomic E-state index is 11.4. The average Bonchev–Trinajstić information content (AvgIpc) is 2.82. The van der Waals surface area contributed by atoms with Crippen LogP contribution in [0.15, 0.2) is 0 Å². The molecular weight excluding hydrogens is 246 g/mol. The summed E-state index contributed by atoms with van der Waals surface area (Å²) in [6.07, 6.45) is 5.97. The molecule has 0 radical (unpaired) electrons. The van der Waals surface area contributed by atoms with Crippen LogP contribution < -0.4 is 5.32 Å². The van der Waals surface area contributed by atoms with E-state index in [1.54, 1.807) is 0 Å². The number of hydrogen-bond donors (Lipinski definition) is 1. The molecule has 2 unspecified atom stereocenters. The maximum Gasteiger partial charge on any atom is 0.148 e. The van der Waals surface area contributed by atoms with Crippen molar-refractivity contribution in [3.05, 3.63) is 0 Å². The monoisotopic (exact) mass is 273 g/mol. The fourth-order valence-corrected chi connectivity index (χ4v) is 5.12. The van der Waals surface area contributed by atoms with Gasteiger partial charge in [0.25, 0.3) is 0 Å². The molecule has 3 nitrogen and oxygen atoms in total. The lowest BCUT2D eigenvalue weighted by Gasteiger charge is -2.22. The highest BCUT2D eigenvalue weighted by molar-refractivity contribution is 7.90. The number of rotatable bonds is 5. The lowest BCUT2D eigenvalue weighted by Crippen LogP contribution is -2.38. The Labute approximate surface area is 112 Å². The average molecular weight is 273 g/mol. The molecule has 106 valence electrons. The number of hydrogen-bond acceptors (Lipinski definition) is 3. The lowest BCUT2D eigenvalue weighted by molar-refractivity contribution is 0.355. The van der Waals surface area contributed by atoms with Crippen LogP contribution in [0.2, 0.25) is 0 Å². The molecule has 18 heavy (non-hydrogen) atoms. The Hall–Kier alpha value is -0.0900. The summed E-state index contributed by atoms with van der Waals surface area (Å²) in [5, 5.41) is 3.65. The first-order valence-corrected chi connectivity index (χ1v) is 9.08. The molecule has 2 saturated carbocycles. The predicted molar refractivity (Wildman–Crippen MR) is 75.3 cm³/mol. The number of sulfone groups is 1. The predicted octanol–water partition coefficient (Wildman–Crippen LogP) is 2.23. The van der Waals surface area contributed by atoms with Crippen LogP contribution in [0.25, 0.3) is 0 Å². The Morgan fingerprint density at radius 2 is 1.83 bits per heavy atom. The molecule has 0 spiro atoms. The van der Waals surface area contributed by atoms with Crippen molar-refractivity contribution in [1.29, 1.82) is 0 Å². The standard InChI is InChI=1S/C14H27NO2S/c1-11-7-13(2,3)8-12(11)15-9-14(5-6-14)10-18(4,16)17/h11-12,15H,5-10H2,1-4H3. The number of nitrogens with one attached hydrogen (secondary N) is 1. The molecule has 2 fully saturated rings. The van der Waals surface area contributed by atoms with Crippen molar-refractivity contribution >= 4 is 9.84 Å². The summed E-state index contributed by atoms with van der Waals surface area (Å²) in [5.41, 5.74) is 0.491. The van der Waals surface area contributed by atoms with Crippen molar-refractivity contribution < 1.29 is 8.42 Å². The summed E-state index contributed by atoms with van der Waals surface area (Å²) in [5.74, 6) is 1.06. The van der Waals surface area contributed by atoms with Crippen molar-refractivity contribution in [2.75, 3.05) is 18.6 Å². The Bertz CT molecular complexity index is 410. The van der Waals surface area contributed by atoms with Crippen LogP contribution in [0.5, 0.6) is 0 Å². The molecule has 0 aromatic heterocycles. The van der Waals surface area contributed by atoms with Crippen molar-refractivity contribution in [1.82, 2.24) is 5.32 Å². The van der Waals surface area contributed by atoms with Gasteiger partial charge in [0.2, 0.25) is 0 Å². The second-order valence-corrected chi connectivity index (χ2v) is 9.75. The molecule has 0 aliphatic heterocycles. The topological polar surface area (TPSA) is 46.2 Å². The van der Waals surface area contributed by atoms with Gasteiger partial charge in [-0.1, -0.05) is 20.8 Å². The smallest absolute Gasteiger partial charge is 0.148 e. The maximum absolute atomic E-state index is 11.4. The molecule has 0 heterocycles. The highest BCUT2D eigenvalue weighted by atomic mass is 32.2. The van der Waals surface area contributed by atoms with Crippen LogP contribution in [0, 0.1) is 16.7 Å². The van der Waals surface area contributed by atoms with Gasteiger partial charge < -0.3 is 5.32 Å². The third-order valence-corrected chi connectivity index (χ3v) is 5.74. The van der Waals surface area contributed by atoms with Gasteiger partial charge in [-0.05, 0) is 42.4 Å². The largest absolute Gasteiger partial charge is 0.313 e. The highest BCUT2D eigenvalue weighted by Gasteiger charge is 2.46. The fourth-order valence-electron chi connectivity index (χ4n) is 3.62. The summed E-state index contributed by atoms with van der Waals surface area (Å²) in [6.45, 7) is 7.84. The van der Waals surface area contributed by atoms with Crippen LogP contribution >= 0.6 is 0 Å². The van der Waals surface area contributed by atoms with Gasteiger partial charge in [-0.2, -0.15) is 0 Å². The zero-order valence-corrected chi connectivity index (χ0v) is 12.9. The van der Waals surface area contributed by atoms with E-state index in [2.05, 4.69) is 26.1 Å². The van der Waals surface area contributed by atoms with Gasteiger partial charge in [-0.3, -0.25) is 0 Å². The molecule has 0 amide bonds. The molecule has 2 rings (SSSR count). The SMILES string of the molecule is CC1CC(C)(C)CC1NCC1(CS(C)(=O)=O)CC1. The van der Waals surface area contributed by atoms with Gasteiger partial charge in [-0.15, -0.1) is 0 Å². The van der Waals surface area contributed by atoms with Gasteiger partial charge >= 0.3 is 0 Å². The Balaban J connectivity index is 1.86. The van der Waals surface area contributed by atoms with E-state index in [4.69, 9.17) is 0 Å². The lowest BCUT2D eigenvalue weighted by atomic mass is 9.91. The van der Waals surface area contributed by atoms with E-state index < -0.39 is 9.84 Å². The summed E-state index contributed by atoms with van der Waals surface area (Å²) in [6, 6.07) is 0.567. The van der Waals surface area contributed by atoms with Crippen LogP contribution in [0.4, 0.5) is 0 Å². The minimum absolute atomic E-state index is 0.0556. The third-order valence-electron chi connectivity index (χ3n) is 4.60. The van der Waals surface area contributed by atoms with Crippen LogP contribution in [-0.2, 0) is 9.84 Å². The van der Waals surface area contributed by atoms with Crippen molar-refractivity contribution in [3.8, 4) is 0 Å². The van der Waals surface area contributed by atoms with E-state index in [1.165, 1.54) is 19.1 Å². The summed E-state index contributed by atoms with van der Waals surface area (Å²) in [4.78, 5) is 0. The third kappa shape index (κ3) is 3.70. The molecule has 2 aliphatic carbocycles. The van der Waals surface area contributed by atoms with E-state index in [0.29, 0.717) is 23.1 Å². The van der Waals surface area contributed by atoms with Crippen molar-refractivity contribution in [2.45, 2.75) is 52.5 Å². The highest BCUT2D eigenvalue weighted by Crippen LogP contribution is 2.47. The van der Waals surface area contributed by atoms with Gasteiger partial charge in [0.1, 0.15) is 9.84 Å². The Kier molecular flexibility index (Phi) is 3.56. The van der Waals surface area contributed by atoms with Crippen LogP contribution in [0.3, 0.4) is 0 Å². The van der Waals surface area contributed by atoms with Crippen molar-refractivity contribution in [3.63, 3.8) is 0 Å². The van der Waals surface area contributed by atoms with Gasteiger partial charge in [0.05, 0.1) is 5.75 Å². The van der Waals surface area contributed by atoms with Gasteiger partial charge in [0.15, 0.2) is 0 Å².